The predicted octanol–water partition coefficient (Wildman–Crippen LogP) is 5.48. The van der Waals surface area contributed by atoms with Crippen LogP contribution in [0.25, 0.3) is 11.1 Å². The van der Waals surface area contributed by atoms with Gasteiger partial charge in [-0.2, -0.15) is 0 Å². The zero-order valence-electron chi connectivity index (χ0n) is 15.4. The van der Waals surface area contributed by atoms with Crippen LogP contribution in [0, 0.1) is 6.92 Å². The molecule has 0 saturated heterocycles. The summed E-state index contributed by atoms with van der Waals surface area (Å²) >= 11 is 0. The van der Waals surface area contributed by atoms with E-state index in [1.54, 1.807) is 18.2 Å². The van der Waals surface area contributed by atoms with Crippen molar-refractivity contribution in [3.63, 3.8) is 0 Å². The highest BCUT2D eigenvalue weighted by Gasteiger charge is 2.07. The van der Waals surface area contributed by atoms with Crippen LogP contribution >= 0.6 is 0 Å². The summed E-state index contributed by atoms with van der Waals surface area (Å²) in [5, 5.41) is 8.94. The lowest BCUT2D eigenvalue weighted by Gasteiger charge is -2.12. The first-order valence-electron chi connectivity index (χ1n) is 8.87. The monoisotopic (exact) mass is 362 g/mol. The smallest absolute Gasteiger partial charge is 0.307 e. The lowest BCUT2D eigenvalue weighted by atomic mass is 10.0. The van der Waals surface area contributed by atoms with E-state index in [1.807, 2.05) is 55.5 Å². The van der Waals surface area contributed by atoms with Gasteiger partial charge in [0.05, 0.1) is 13.0 Å². The summed E-state index contributed by atoms with van der Waals surface area (Å²) in [4.78, 5) is 10.9. The van der Waals surface area contributed by atoms with Crippen LogP contribution in [0.2, 0.25) is 0 Å². The highest BCUT2D eigenvalue weighted by atomic mass is 16.5. The average molecular weight is 362 g/mol. The van der Waals surface area contributed by atoms with Crippen molar-refractivity contribution in [2.24, 2.45) is 0 Å². The molecule has 0 aliphatic carbocycles. The van der Waals surface area contributed by atoms with E-state index >= 15 is 0 Å². The Bertz CT molecular complexity index is 947. The standard InChI is InChI=1S/C23H22O4/c1-3-26-19-10-11-22(16(2)12-19)18-7-5-9-21(15-18)27-20-8-4-6-17(13-20)14-23(24)25/h4-13,15H,3,14H2,1-2H3,(H,24,25). The van der Waals surface area contributed by atoms with Gasteiger partial charge < -0.3 is 14.6 Å². The van der Waals surface area contributed by atoms with Crippen LogP contribution in [-0.2, 0) is 11.2 Å². The minimum atomic E-state index is -0.861. The Morgan fingerprint density at radius 3 is 2.37 bits per heavy atom. The molecule has 0 bridgehead atoms. The fourth-order valence-corrected chi connectivity index (χ4v) is 2.97. The first kappa shape index (κ1) is 18.5. The molecule has 4 heteroatoms. The molecule has 0 amide bonds. The second-order valence-electron chi connectivity index (χ2n) is 6.26. The predicted molar refractivity (Wildman–Crippen MR) is 106 cm³/mol. The summed E-state index contributed by atoms with van der Waals surface area (Å²) in [7, 11) is 0. The highest BCUT2D eigenvalue weighted by molar-refractivity contribution is 5.71. The number of ether oxygens (including phenoxy) is 2. The number of carboxylic acid groups (broad SMARTS) is 1. The van der Waals surface area contributed by atoms with Crippen molar-refractivity contribution in [1.29, 1.82) is 0 Å². The molecule has 0 aliphatic heterocycles. The van der Waals surface area contributed by atoms with E-state index < -0.39 is 5.97 Å². The Morgan fingerprint density at radius 1 is 0.926 bits per heavy atom. The maximum Gasteiger partial charge on any atom is 0.307 e. The lowest BCUT2D eigenvalue weighted by molar-refractivity contribution is -0.136. The van der Waals surface area contributed by atoms with Gasteiger partial charge >= 0.3 is 5.97 Å². The van der Waals surface area contributed by atoms with E-state index in [0.29, 0.717) is 23.7 Å². The van der Waals surface area contributed by atoms with Crippen LogP contribution in [0.1, 0.15) is 18.1 Å². The molecule has 0 unspecified atom stereocenters. The van der Waals surface area contributed by atoms with Gasteiger partial charge in [0.2, 0.25) is 0 Å². The normalized spacial score (nSPS) is 10.4. The number of aliphatic carboxylic acids is 1. The van der Waals surface area contributed by atoms with Gasteiger partial charge in [-0.1, -0.05) is 30.3 Å². The summed E-state index contributed by atoms with van der Waals surface area (Å²) in [5.74, 6) is 1.32. The third-order valence-corrected chi connectivity index (χ3v) is 4.14. The fraction of sp³-hybridized carbons (Fsp3) is 0.174. The van der Waals surface area contributed by atoms with Gasteiger partial charge in [0, 0.05) is 0 Å². The molecule has 138 valence electrons. The second-order valence-corrected chi connectivity index (χ2v) is 6.26. The summed E-state index contributed by atoms with van der Waals surface area (Å²) in [5.41, 5.74) is 4.00. The van der Waals surface area contributed by atoms with Crippen molar-refractivity contribution in [2.75, 3.05) is 6.61 Å². The number of aryl methyl sites for hydroxylation is 1. The number of benzene rings is 3. The topological polar surface area (TPSA) is 55.8 Å². The molecule has 3 rings (SSSR count). The average Bonchev–Trinajstić information content (AvgIpc) is 2.62. The number of carbonyl (C=O) groups is 1. The van der Waals surface area contributed by atoms with E-state index in [0.717, 1.165) is 22.4 Å². The van der Waals surface area contributed by atoms with Gasteiger partial charge in [0.25, 0.3) is 0 Å². The summed E-state index contributed by atoms with van der Waals surface area (Å²) in [6, 6.07) is 21.0. The van der Waals surface area contributed by atoms with E-state index in [-0.39, 0.29) is 6.42 Å². The first-order valence-corrected chi connectivity index (χ1v) is 8.87. The first-order chi connectivity index (χ1) is 13.0. The Hall–Kier alpha value is -3.27. The van der Waals surface area contributed by atoms with E-state index in [2.05, 4.69) is 6.92 Å². The zero-order valence-corrected chi connectivity index (χ0v) is 15.4. The number of rotatable bonds is 7. The molecule has 3 aromatic carbocycles. The molecule has 0 aliphatic rings. The van der Waals surface area contributed by atoms with E-state index in [1.165, 1.54) is 0 Å². The third-order valence-electron chi connectivity index (χ3n) is 4.14. The molecule has 1 N–H and O–H groups in total. The lowest BCUT2D eigenvalue weighted by Crippen LogP contribution is -1.99. The number of hydrogen-bond acceptors (Lipinski definition) is 3. The highest BCUT2D eigenvalue weighted by Crippen LogP contribution is 2.31. The van der Waals surface area contributed by atoms with E-state index in [4.69, 9.17) is 14.6 Å². The van der Waals surface area contributed by atoms with Crippen LogP contribution in [0.3, 0.4) is 0 Å². The largest absolute Gasteiger partial charge is 0.494 e. The molecule has 0 aromatic heterocycles. The van der Waals surface area contributed by atoms with Crippen LogP contribution in [0.4, 0.5) is 0 Å². The number of hydrogen-bond donors (Lipinski definition) is 1. The van der Waals surface area contributed by atoms with Crippen molar-refractivity contribution in [1.82, 2.24) is 0 Å². The molecule has 0 saturated carbocycles. The minimum Gasteiger partial charge on any atom is -0.494 e. The van der Waals surface area contributed by atoms with Crippen LogP contribution in [0.5, 0.6) is 17.2 Å². The molecule has 3 aromatic rings. The van der Waals surface area contributed by atoms with Gasteiger partial charge in [-0.05, 0) is 72.5 Å². The van der Waals surface area contributed by atoms with Crippen LogP contribution in [-0.4, -0.2) is 17.7 Å². The van der Waals surface area contributed by atoms with Gasteiger partial charge in [0.1, 0.15) is 17.2 Å². The molecule has 27 heavy (non-hydrogen) atoms. The summed E-state index contributed by atoms with van der Waals surface area (Å²) in [6.07, 6.45) is -0.0252. The zero-order chi connectivity index (χ0) is 19.2. The maximum absolute atomic E-state index is 10.9. The third kappa shape index (κ3) is 4.88. The minimum absolute atomic E-state index is 0.0252. The summed E-state index contributed by atoms with van der Waals surface area (Å²) in [6.45, 7) is 4.67. The Kier molecular flexibility index (Phi) is 5.77. The van der Waals surface area contributed by atoms with Gasteiger partial charge in [0.15, 0.2) is 0 Å². The van der Waals surface area contributed by atoms with Gasteiger partial charge in [-0.15, -0.1) is 0 Å². The van der Waals surface area contributed by atoms with Crippen molar-refractivity contribution in [2.45, 2.75) is 20.3 Å². The molecular formula is C23H22O4. The fourth-order valence-electron chi connectivity index (χ4n) is 2.97. The molecule has 0 atom stereocenters. The molecule has 0 spiro atoms. The van der Waals surface area contributed by atoms with Crippen molar-refractivity contribution in [3.8, 4) is 28.4 Å². The van der Waals surface area contributed by atoms with Crippen molar-refractivity contribution >= 4 is 5.97 Å². The van der Waals surface area contributed by atoms with Crippen molar-refractivity contribution in [3.05, 3.63) is 77.9 Å². The number of carboxylic acids is 1. The molecule has 0 fully saturated rings. The SMILES string of the molecule is CCOc1ccc(-c2cccc(Oc3cccc(CC(=O)O)c3)c2)c(C)c1. The molecular weight excluding hydrogens is 340 g/mol. The van der Waals surface area contributed by atoms with E-state index in [9.17, 15) is 4.79 Å². The molecule has 4 nitrogen and oxygen atoms in total. The maximum atomic E-state index is 10.9. The molecule has 0 heterocycles. The Balaban J connectivity index is 1.83. The Labute approximate surface area is 159 Å². The summed E-state index contributed by atoms with van der Waals surface area (Å²) < 4.78 is 11.5. The van der Waals surface area contributed by atoms with Crippen LogP contribution in [0.15, 0.2) is 66.7 Å². The van der Waals surface area contributed by atoms with Gasteiger partial charge in [-0.3, -0.25) is 4.79 Å². The second kappa shape index (κ2) is 8.41. The Morgan fingerprint density at radius 2 is 1.67 bits per heavy atom. The van der Waals surface area contributed by atoms with Crippen molar-refractivity contribution < 1.29 is 19.4 Å². The quantitative estimate of drug-likeness (QED) is 0.605. The van der Waals surface area contributed by atoms with Crippen LogP contribution < -0.4 is 9.47 Å². The molecule has 0 radical (unpaired) electrons. The van der Waals surface area contributed by atoms with Gasteiger partial charge in [-0.25, -0.2) is 0 Å².